The minimum atomic E-state index is -0.484. The van der Waals surface area contributed by atoms with Gasteiger partial charge < -0.3 is 9.84 Å². The van der Waals surface area contributed by atoms with Crippen molar-refractivity contribution in [2.45, 2.75) is 26.6 Å². The fourth-order valence-corrected chi connectivity index (χ4v) is 2.01. The molecule has 0 aliphatic rings. The highest BCUT2D eigenvalue weighted by atomic mass is 16.5. The number of rotatable bonds is 4. The largest absolute Gasteiger partial charge is 0.489 e. The molecule has 0 aliphatic heterocycles. The minimum absolute atomic E-state index is 0.360. The molecule has 0 fully saturated rings. The standard InChI is InChI=1S/C17H17NO2/c1-12-9-14(13(2)19)7-8-17(12)20-11-16-6-4-3-5-15(16)10-18/h3-9,13,19H,11H2,1-2H3/t13-/m1/s1. The minimum Gasteiger partial charge on any atom is -0.489 e. The van der Waals surface area contributed by atoms with E-state index in [-0.39, 0.29) is 0 Å². The molecule has 0 aliphatic carbocycles. The highest BCUT2D eigenvalue weighted by Crippen LogP contribution is 2.23. The molecule has 0 saturated heterocycles. The highest BCUT2D eigenvalue weighted by Gasteiger charge is 2.07. The molecule has 0 amide bonds. The van der Waals surface area contributed by atoms with E-state index in [0.717, 1.165) is 22.4 Å². The zero-order chi connectivity index (χ0) is 14.5. The molecule has 1 N–H and O–H groups in total. The van der Waals surface area contributed by atoms with Crippen LogP contribution in [0.2, 0.25) is 0 Å². The summed E-state index contributed by atoms with van der Waals surface area (Å²) < 4.78 is 5.77. The first-order valence-corrected chi connectivity index (χ1v) is 6.51. The van der Waals surface area contributed by atoms with Crippen molar-refractivity contribution >= 4 is 0 Å². The van der Waals surface area contributed by atoms with Crippen molar-refractivity contribution < 1.29 is 9.84 Å². The molecule has 0 aromatic heterocycles. The number of nitrogens with zero attached hydrogens (tertiary/aromatic N) is 1. The normalized spacial score (nSPS) is 11.7. The molecule has 0 saturated carbocycles. The Morgan fingerprint density at radius 3 is 2.65 bits per heavy atom. The quantitative estimate of drug-likeness (QED) is 0.922. The third kappa shape index (κ3) is 3.17. The van der Waals surface area contributed by atoms with E-state index < -0.39 is 6.10 Å². The zero-order valence-corrected chi connectivity index (χ0v) is 11.6. The van der Waals surface area contributed by atoms with Crippen molar-refractivity contribution in [3.8, 4) is 11.8 Å². The van der Waals surface area contributed by atoms with Crippen molar-refractivity contribution in [3.63, 3.8) is 0 Å². The Bertz CT molecular complexity index is 642. The molecule has 20 heavy (non-hydrogen) atoms. The smallest absolute Gasteiger partial charge is 0.122 e. The van der Waals surface area contributed by atoms with E-state index in [0.29, 0.717) is 12.2 Å². The van der Waals surface area contributed by atoms with Gasteiger partial charge in [0.05, 0.1) is 17.7 Å². The summed E-state index contributed by atoms with van der Waals surface area (Å²) >= 11 is 0. The molecule has 2 rings (SSSR count). The second-order valence-corrected chi connectivity index (χ2v) is 4.76. The van der Waals surface area contributed by atoms with Crippen LogP contribution in [0.4, 0.5) is 0 Å². The van der Waals surface area contributed by atoms with Gasteiger partial charge in [-0.3, -0.25) is 0 Å². The molecule has 0 spiro atoms. The summed E-state index contributed by atoms with van der Waals surface area (Å²) in [6.07, 6.45) is -0.484. The van der Waals surface area contributed by atoms with Crippen LogP contribution >= 0.6 is 0 Å². The third-order valence-electron chi connectivity index (χ3n) is 3.20. The summed E-state index contributed by atoms with van der Waals surface area (Å²) in [5.41, 5.74) is 3.34. The Balaban J connectivity index is 2.14. The van der Waals surface area contributed by atoms with Gasteiger partial charge >= 0.3 is 0 Å². The first-order valence-electron chi connectivity index (χ1n) is 6.51. The SMILES string of the molecule is Cc1cc([C@@H](C)O)ccc1OCc1ccccc1C#N. The third-order valence-corrected chi connectivity index (χ3v) is 3.20. The van der Waals surface area contributed by atoms with Gasteiger partial charge in [-0.1, -0.05) is 24.3 Å². The van der Waals surface area contributed by atoms with Crippen LogP contribution in [0.15, 0.2) is 42.5 Å². The van der Waals surface area contributed by atoms with Crippen LogP contribution in [0.25, 0.3) is 0 Å². The summed E-state index contributed by atoms with van der Waals surface area (Å²) in [5, 5.41) is 18.6. The number of aliphatic hydroxyl groups excluding tert-OH is 1. The topological polar surface area (TPSA) is 53.2 Å². The van der Waals surface area contributed by atoms with Gasteiger partial charge in [0.25, 0.3) is 0 Å². The average Bonchev–Trinajstić information content (AvgIpc) is 2.46. The Morgan fingerprint density at radius 1 is 1.25 bits per heavy atom. The van der Waals surface area contributed by atoms with Gasteiger partial charge in [-0.15, -0.1) is 0 Å². The van der Waals surface area contributed by atoms with Gasteiger partial charge in [0.1, 0.15) is 12.4 Å². The number of benzene rings is 2. The van der Waals surface area contributed by atoms with Crippen molar-refractivity contribution in [3.05, 3.63) is 64.7 Å². The molecule has 1 atom stereocenters. The molecule has 2 aromatic rings. The van der Waals surface area contributed by atoms with Gasteiger partial charge in [-0.2, -0.15) is 5.26 Å². The maximum atomic E-state index is 9.54. The van der Waals surface area contributed by atoms with E-state index in [1.807, 2.05) is 43.3 Å². The van der Waals surface area contributed by atoms with Crippen molar-refractivity contribution in [1.82, 2.24) is 0 Å². The van der Waals surface area contributed by atoms with E-state index in [2.05, 4.69) is 6.07 Å². The molecular formula is C17H17NO2. The predicted molar refractivity (Wildman–Crippen MR) is 77.3 cm³/mol. The lowest BCUT2D eigenvalue weighted by molar-refractivity contribution is 0.199. The van der Waals surface area contributed by atoms with Crippen LogP contribution in [0.1, 0.15) is 35.3 Å². The first kappa shape index (κ1) is 14.1. The van der Waals surface area contributed by atoms with Crippen LogP contribution in [0, 0.1) is 18.3 Å². The monoisotopic (exact) mass is 267 g/mol. The lowest BCUT2D eigenvalue weighted by Gasteiger charge is -2.12. The van der Waals surface area contributed by atoms with Crippen molar-refractivity contribution in [2.75, 3.05) is 0 Å². The van der Waals surface area contributed by atoms with Gasteiger partial charge in [-0.25, -0.2) is 0 Å². The second kappa shape index (κ2) is 6.23. The number of aliphatic hydroxyl groups is 1. The fraction of sp³-hybridized carbons (Fsp3) is 0.235. The lowest BCUT2D eigenvalue weighted by Crippen LogP contribution is -2.00. The van der Waals surface area contributed by atoms with Gasteiger partial charge in [0.15, 0.2) is 0 Å². The average molecular weight is 267 g/mol. The van der Waals surface area contributed by atoms with E-state index in [4.69, 9.17) is 10.00 Å². The molecular weight excluding hydrogens is 250 g/mol. The van der Waals surface area contributed by atoms with E-state index >= 15 is 0 Å². The summed E-state index contributed by atoms with van der Waals surface area (Å²) in [7, 11) is 0. The summed E-state index contributed by atoms with van der Waals surface area (Å²) in [6.45, 7) is 4.04. The number of aryl methyl sites for hydroxylation is 1. The second-order valence-electron chi connectivity index (χ2n) is 4.76. The summed E-state index contributed by atoms with van der Waals surface area (Å²) in [5.74, 6) is 0.766. The van der Waals surface area contributed by atoms with Crippen LogP contribution in [-0.2, 0) is 6.61 Å². The van der Waals surface area contributed by atoms with E-state index in [1.54, 1.807) is 13.0 Å². The molecule has 3 heteroatoms. The number of hydrogen-bond acceptors (Lipinski definition) is 3. The molecule has 0 heterocycles. The Kier molecular flexibility index (Phi) is 4.39. The molecule has 0 unspecified atom stereocenters. The molecule has 102 valence electrons. The predicted octanol–water partition coefficient (Wildman–Crippen LogP) is 3.50. The van der Waals surface area contributed by atoms with Crippen LogP contribution in [0.5, 0.6) is 5.75 Å². The van der Waals surface area contributed by atoms with E-state index in [9.17, 15) is 5.11 Å². The van der Waals surface area contributed by atoms with E-state index in [1.165, 1.54) is 0 Å². The van der Waals surface area contributed by atoms with Crippen molar-refractivity contribution in [2.24, 2.45) is 0 Å². The number of hydrogen-bond donors (Lipinski definition) is 1. The van der Waals surface area contributed by atoms with Crippen LogP contribution in [-0.4, -0.2) is 5.11 Å². The maximum absolute atomic E-state index is 9.54. The fourth-order valence-electron chi connectivity index (χ4n) is 2.01. The maximum Gasteiger partial charge on any atom is 0.122 e. The Morgan fingerprint density at radius 2 is 2.00 bits per heavy atom. The van der Waals surface area contributed by atoms with Gasteiger partial charge in [0.2, 0.25) is 0 Å². The highest BCUT2D eigenvalue weighted by molar-refractivity contribution is 5.39. The summed E-state index contributed by atoms with van der Waals surface area (Å²) in [4.78, 5) is 0. The first-order chi connectivity index (χ1) is 9.61. The Hall–Kier alpha value is -2.31. The summed E-state index contributed by atoms with van der Waals surface area (Å²) in [6, 6.07) is 15.2. The van der Waals surface area contributed by atoms with Crippen molar-refractivity contribution in [1.29, 1.82) is 5.26 Å². The number of ether oxygens (including phenoxy) is 1. The molecule has 0 bridgehead atoms. The van der Waals surface area contributed by atoms with Gasteiger partial charge in [0, 0.05) is 5.56 Å². The lowest BCUT2D eigenvalue weighted by atomic mass is 10.1. The Labute approximate surface area is 119 Å². The molecule has 3 nitrogen and oxygen atoms in total. The van der Waals surface area contributed by atoms with Crippen LogP contribution < -0.4 is 4.74 Å². The molecule has 2 aromatic carbocycles. The molecule has 0 radical (unpaired) electrons. The van der Waals surface area contributed by atoms with Crippen LogP contribution in [0.3, 0.4) is 0 Å². The zero-order valence-electron chi connectivity index (χ0n) is 11.6. The van der Waals surface area contributed by atoms with Gasteiger partial charge in [-0.05, 0) is 43.2 Å². The number of nitriles is 1.